The number of hydrogen-bond acceptors (Lipinski definition) is 5. The Balaban J connectivity index is 1.98. The number of nitro benzene ring substituents is 1. The van der Waals surface area contributed by atoms with Crippen LogP contribution in [0.2, 0.25) is 0 Å². The van der Waals surface area contributed by atoms with Crippen LogP contribution in [0.1, 0.15) is 23.6 Å². The number of halogens is 4. The fourth-order valence-corrected chi connectivity index (χ4v) is 3.57. The van der Waals surface area contributed by atoms with E-state index >= 15 is 0 Å². The number of hydrogen-bond donors (Lipinski definition) is 0. The number of aliphatic imine (C=N–C) groups is 1. The van der Waals surface area contributed by atoms with Crippen LogP contribution in [0.5, 0.6) is 17.2 Å². The second-order valence-electron chi connectivity index (χ2n) is 6.90. The van der Waals surface area contributed by atoms with Crippen molar-refractivity contribution in [1.82, 2.24) is 0 Å². The van der Waals surface area contributed by atoms with Gasteiger partial charge in [0.25, 0.3) is 0 Å². The molecule has 0 aromatic heterocycles. The van der Waals surface area contributed by atoms with Crippen LogP contribution in [0.3, 0.4) is 0 Å². The highest BCUT2D eigenvalue weighted by atomic mass is 127. The topological polar surface area (TPSA) is 74.0 Å². The molecule has 0 atom stereocenters. The zero-order chi connectivity index (χ0) is 24.2. The third-order valence-electron chi connectivity index (χ3n) is 4.42. The molecule has 0 saturated carbocycles. The van der Waals surface area contributed by atoms with Gasteiger partial charge in [-0.25, -0.2) is 0 Å². The van der Waals surface area contributed by atoms with Crippen molar-refractivity contribution in [2.24, 2.45) is 4.99 Å². The average molecular weight is 570 g/mol. The highest BCUT2D eigenvalue weighted by molar-refractivity contribution is 14.1. The zero-order valence-corrected chi connectivity index (χ0v) is 19.7. The fraction of sp³-hybridized carbons (Fsp3) is 0.174. The van der Waals surface area contributed by atoms with E-state index in [0.717, 1.165) is 23.4 Å². The Bertz CT molecular complexity index is 1200. The van der Waals surface area contributed by atoms with E-state index in [9.17, 15) is 23.3 Å². The predicted octanol–water partition coefficient (Wildman–Crippen LogP) is 7.47. The SMILES string of the molecule is CCOc1cc(C=Nc2ccc(C)cc2)cc(I)c1Oc1ccc(C(F)(F)F)cc1[N+](=O)[O-]. The Morgan fingerprint density at radius 1 is 1.09 bits per heavy atom. The van der Waals surface area contributed by atoms with Gasteiger partial charge in [0.05, 0.1) is 26.4 Å². The van der Waals surface area contributed by atoms with Crippen molar-refractivity contribution in [3.63, 3.8) is 0 Å². The van der Waals surface area contributed by atoms with E-state index in [1.807, 2.05) is 53.8 Å². The van der Waals surface area contributed by atoms with Crippen LogP contribution in [0.25, 0.3) is 0 Å². The molecule has 0 aliphatic heterocycles. The van der Waals surface area contributed by atoms with Gasteiger partial charge in [0.15, 0.2) is 11.5 Å². The van der Waals surface area contributed by atoms with E-state index in [4.69, 9.17) is 9.47 Å². The first-order valence-electron chi connectivity index (χ1n) is 9.69. The van der Waals surface area contributed by atoms with E-state index in [1.165, 1.54) is 0 Å². The van der Waals surface area contributed by atoms with Crippen LogP contribution < -0.4 is 9.47 Å². The van der Waals surface area contributed by atoms with Crippen LogP contribution >= 0.6 is 22.6 Å². The third-order valence-corrected chi connectivity index (χ3v) is 5.22. The lowest BCUT2D eigenvalue weighted by Gasteiger charge is -2.15. The maximum atomic E-state index is 13.0. The number of benzene rings is 3. The summed E-state index contributed by atoms with van der Waals surface area (Å²) in [6, 6.07) is 13.1. The second-order valence-corrected chi connectivity index (χ2v) is 8.06. The highest BCUT2D eigenvalue weighted by Gasteiger charge is 2.33. The van der Waals surface area contributed by atoms with Crippen molar-refractivity contribution in [1.29, 1.82) is 0 Å². The monoisotopic (exact) mass is 570 g/mol. The van der Waals surface area contributed by atoms with Crippen molar-refractivity contribution in [3.05, 3.63) is 85.0 Å². The highest BCUT2D eigenvalue weighted by Crippen LogP contribution is 2.42. The van der Waals surface area contributed by atoms with Crippen molar-refractivity contribution in [2.75, 3.05) is 6.61 Å². The van der Waals surface area contributed by atoms with E-state index in [1.54, 1.807) is 25.3 Å². The predicted molar refractivity (Wildman–Crippen MR) is 127 cm³/mol. The van der Waals surface area contributed by atoms with Gasteiger partial charge < -0.3 is 9.47 Å². The van der Waals surface area contributed by atoms with Gasteiger partial charge in [0, 0.05) is 12.3 Å². The minimum Gasteiger partial charge on any atom is -0.490 e. The average Bonchev–Trinajstić information content (AvgIpc) is 2.75. The van der Waals surface area contributed by atoms with Gasteiger partial charge in [-0.3, -0.25) is 15.1 Å². The van der Waals surface area contributed by atoms with E-state index < -0.39 is 22.4 Å². The smallest absolute Gasteiger partial charge is 0.416 e. The molecule has 6 nitrogen and oxygen atoms in total. The number of nitrogens with zero attached hydrogens (tertiary/aromatic N) is 2. The summed E-state index contributed by atoms with van der Waals surface area (Å²) in [5, 5.41) is 11.4. The van der Waals surface area contributed by atoms with Crippen LogP contribution in [-0.4, -0.2) is 17.7 Å². The Kier molecular flexibility index (Phi) is 7.57. The molecule has 0 saturated heterocycles. The molecule has 0 amide bonds. The number of ether oxygens (including phenoxy) is 2. The van der Waals surface area contributed by atoms with Gasteiger partial charge in [-0.2, -0.15) is 13.2 Å². The van der Waals surface area contributed by atoms with Gasteiger partial charge in [-0.05, 0) is 78.4 Å². The van der Waals surface area contributed by atoms with Gasteiger partial charge >= 0.3 is 11.9 Å². The Morgan fingerprint density at radius 2 is 1.79 bits per heavy atom. The number of aryl methyl sites for hydroxylation is 1. The molecular formula is C23H18F3IN2O4. The molecule has 0 heterocycles. The van der Waals surface area contributed by atoms with E-state index in [2.05, 4.69) is 4.99 Å². The van der Waals surface area contributed by atoms with Crippen LogP contribution in [-0.2, 0) is 6.18 Å². The summed E-state index contributed by atoms with van der Waals surface area (Å²) in [6.45, 7) is 4.01. The molecule has 0 bridgehead atoms. The normalized spacial score (nSPS) is 11.6. The second kappa shape index (κ2) is 10.2. The number of alkyl halides is 3. The molecule has 10 heteroatoms. The van der Waals surface area contributed by atoms with E-state index in [-0.39, 0.29) is 23.9 Å². The quantitative estimate of drug-likeness (QED) is 0.128. The standard InChI is InChI=1S/C23H18F3IN2O4/c1-3-32-21-11-15(13-28-17-7-4-14(2)5-8-17)10-18(27)22(21)33-20-9-6-16(23(24,25)26)12-19(20)29(30)31/h4-13H,3H2,1-2H3. The molecule has 0 aliphatic rings. The molecule has 33 heavy (non-hydrogen) atoms. The molecule has 0 spiro atoms. The summed E-state index contributed by atoms with van der Waals surface area (Å²) < 4.78 is 50.8. The molecule has 0 N–H and O–H groups in total. The molecule has 0 aliphatic carbocycles. The third kappa shape index (κ3) is 6.21. The molecule has 172 valence electrons. The Labute approximate surface area is 201 Å². The minimum atomic E-state index is -4.72. The Hall–Kier alpha value is -3.15. The zero-order valence-electron chi connectivity index (χ0n) is 17.5. The summed E-state index contributed by atoms with van der Waals surface area (Å²) in [5.74, 6) is 0.115. The summed E-state index contributed by atoms with van der Waals surface area (Å²) in [6.07, 6.45) is -3.08. The fourth-order valence-electron chi connectivity index (χ4n) is 2.84. The summed E-state index contributed by atoms with van der Waals surface area (Å²) in [4.78, 5) is 14.9. The van der Waals surface area contributed by atoms with Crippen molar-refractivity contribution < 1.29 is 27.6 Å². The van der Waals surface area contributed by atoms with Gasteiger partial charge in [0.1, 0.15) is 0 Å². The summed E-state index contributed by atoms with van der Waals surface area (Å²) in [7, 11) is 0. The maximum absolute atomic E-state index is 13.0. The summed E-state index contributed by atoms with van der Waals surface area (Å²) in [5.41, 5.74) is 0.630. The number of nitro groups is 1. The van der Waals surface area contributed by atoms with Gasteiger partial charge in [-0.1, -0.05) is 17.7 Å². The first-order valence-corrected chi connectivity index (χ1v) is 10.8. The van der Waals surface area contributed by atoms with Crippen molar-refractivity contribution in [2.45, 2.75) is 20.0 Å². The van der Waals surface area contributed by atoms with E-state index in [0.29, 0.717) is 15.2 Å². The summed E-state index contributed by atoms with van der Waals surface area (Å²) >= 11 is 1.97. The first kappa shape index (κ1) is 24.5. The molecule has 3 aromatic carbocycles. The molecule has 0 unspecified atom stereocenters. The lowest BCUT2D eigenvalue weighted by Crippen LogP contribution is -2.06. The number of rotatable bonds is 7. The van der Waals surface area contributed by atoms with Crippen LogP contribution in [0.15, 0.2) is 59.6 Å². The van der Waals surface area contributed by atoms with Gasteiger partial charge in [-0.15, -0.1) is 0 Å². The van der Waals surface area contributed by atoms with Crippen LogP contribution in [0, 0.1) is 20.6 Å². The molecule has 0 radical (unpaired) electrons. The molecular weight excluding hydrogens is 552 g/mol. The maximum Gasteiger partial charge on any atom is 0.416 e. The Morgan fingerprint density at radius 3 is 2.39 bits per heavy atom. The first-order chi connectivity index (χ1) is 15.6. The van der Waals surface area contributed by atoms with Gasteiger partial charge in [0.2, 0.25) is 5.75 Å². The van der Waals surface area contributed by atoms with Crippen molar-refractivity contribution >= 4 is 40.2 Å². The lowest BCUT2D eigenvalue weighted by atomic mass is 10.1. The largest absolute Gasteiger partial charge is 0.490 e. The van der Waals surface area contributed by atoms with Crippen molar-refractivity contribution in [3.8, 4) is 17.2 Å². The van der Waals surface area contributed by atoms with Crippen LogP contribution in [0.4, 0.5) is 24.5 Å². The molecule has 3 aromatic rings. The lowest BCUT2D eigenvalue weighted by molar-refractivity contribution is -0.385. The minimum absolute atomic E-state index is 0.160. The molecule has 0 fully saturated rings. The molecule has 3 rings (SSSR count).